The molecule has 0 spiro atoms. The minimum Gasteiger partial charge on any atom is -0.479 e. The van der Waals surface area contributed by atoms with Gasteiger partial charge in [-0.2, -0.15) is 0 Å². The first kappa shape index (κ1) is 20.3. The van der Waals surface area contributed by atoms with E-state index in [4.69, 9.17) is 23.2 Å². The molecule has 3 aromatic rings. The van der Waals surface area contributed by atoms with Crippen molar-refractivity contribution in [3.05, 3.63) is 75.0 Å². The minimum absolute atomic E-state index is 0.0813. The maximum Gasteiger partial charge on any atom is 0.330 e. The molecule has 144 valence electrons. The molecule has 0 saturated carbocycles. The summed E-state index contributed by atoms with van der Waals surface area (Å²) < 4.78 is 13.6. The van der Waals surface area contributed by atoms with Gasteiger partial charge in [-0.15, -0.1) is 11.3 Å². The van der Waals surface area contributed by atoms with Crippen LogP contribution in [0.4, 0.5) is 4.39 Å². The van der Waals surface area contributed by atoms with Crippen LogP contribution in [0.1, 0.15) is 17.3 Å². The fourth-order valence-corrected chi connectivity index (χ4v) is 3.76. The van der Waals surface area contributed by atoms with Crippen molar-refractivity contribution in [2.45, 2.75) is 12.5 Å². The van der Waals surface area contributed by atoms with Crippen LogP contribution in [-0.4, -0.2) is 22.0 Å². The number of carbonyl (C=O) groups is 2. The Hall–Kier alpha value is -2.48. The Morgan fingerprint density at radius 1 is 1.18 bits per heavy atom. The molecule has 0 aliphatic rings. The van der Waals surface area contributed by atoms with Crippen LogP contribution in [0.15, 0.2) is 47.8 Å². The number of carboxylic acid groups (broad SMARTS) is 1. The van der Waals surface area contributed by atoms with Gasteiger partial charge in [-0.1, -0.05) is 47.5 Å². The molecule has 1 heterocycles. The molecule has 0 aliphatic heterocycles. The molecule has 28 heavy (non-hydrogen) atoms. The second-order valence-corrected chi connectivity index (χ2v) is 7.49. The first-order chi connectivity index (χ1) is 13.3. The summed E-state index contributed by atoms with van der Waals surface area (Å²) in [4.78, 5) is 28.2. The van der Waals surface area contributed by atoms with E-state index < -0.39 is 23.7 Å². The van der Waals surface area contributed by atoms with Gasteiger partial charge in [0.05, 0.1) is 22.2 Å². The standard InChI is InChI=1S/C19H13Cl2FN2O3S/c20-13-4-2-1-3-12(13)18-23-11(9-28-18)8-16(25)24-17(19(26)27)10-5-6-14(21)15(22)7-10/h1-7,9,17H,8H2,(H,24,25)(H,26,27). The average molecular weight is 439 g/mol. The SMILES string of the molecule is O=C(Cc1csc(-c2ccccc2Cl)n1)NC(C(=O)O)c1ccc(Cl)c(F)c1. The number of carboxylic acids is 1. The molecule has 0 radical (unpaired) electrons. The highest BCUT2D eigenvalue weighted by Gasteiger charge is 2.23. The number of aliphatic carboxylic acids is 1. The molecule has 2 aromatic carbocycles. The average Bonchev–Trinajstić information content (AvgIpc) is 3.10. The zero-order valence-corrected chi connectivity index (χ0v) is 16.5. The normalized spacial score (nSPS) is 11.8. The first-order valence-electron chi connectivity index (χ1n) is 8.01. The van der Waals surface area contributed by atoms with Crippen LogP contribution in [-0.2, 0) is 16.0 Å². The van der Waals surface area contributed by atoms with Gasteiger partial charge in [-0.3, -0.25) is 4.79 Å². The van der Waals surface area contributed by atoms with Gasteiger partial charge in [-0.05, 0) is 23.8 Å². The Labute approximate surface area is 173 Å². The zero-order valence-electron chi connectivity index (χ0n) is 14.2. The van der Waals surface area contributed by atoms with Crippen LogP contribution in [0.3, 0.4) is 0 Å². The van der Waals surface area contributed by atoms with E-state index in [0.29, 0.717) is 15.7 Å². The number of thiazole rings is 1. The van der Waals surface area contributed by atoms with E-state index in [2.05, 4.69) is 10.3 Å². The molecule has 0 aliphatic carbocycles. The number of halogens is 3. The van der Waals surface area contributed by atoms with E-state index in [1.54, 1.807) is 17.5 Å². The van der Waals surface area contributed by atoms with Crippen LogP contribution in [0.5, 0.6) is 0 Å². The van der Waals surface area contributed by atoms with Crippen molar-refractivity contribution in [3.8, 4) is 10.6 Å². The third-order valence-corrected chi connectivity index (χ3v) is 5.39. The van der Waals surface area contributed by atoms with Crippen molar-refractivity contribution in [2.75, 3.05) is 0 Å². The van der Waals surface area contributed by atoms with Crippen LogP contribution in [0, 0.1) is 5.82 Å². The Bertz CT molecular complexity index is 1040. The molecule has 1 aromatic heterocycles. The lowest BCUT2D eigenvalue weighted by atomic mass is 10.1. The van der Waals surface area contributed by atoms with Gasteiger partial charge >= 0.3 is 5.97 Å². The number of aromatic nitrogens is 1. The number of amides is 1. The highest BCUT2D eigenvalue weighted by atomic mass is 35.5. The smallest absolute Gasteiger partial charge is 0.330 e. The van der Waals surface area contributed by atoms with Crippen LogP contribution < -0.4 is 5.32 Å². The molecule has 1 atom stereocenters. The fourth-order valence-electron chi connectivity index (χ4n) is 2.50. The molecular weight excluding hydrogens is 426 g/mol. The summed E-state index contributed by atoms with van der Waals surface area (Å²) in [6, 6.07) is 9.37. The monoisotopic (exact) mass is 438 g/mol. The van der Waals surface area contributed by atoms with Crippen molar-refractivity contribution < 1.29 is 19.1 Å². The van der Waals surface area contributed by atoms with Crippen LogP contribution in [0.25, 0.3) is 10.6 Å². The van der Waals surface area contributed by atoms with Gasteiger partial charge in [0.25, 0.3) is 0 Å². The Morgan fingerprint density at radius 2 is 1.93 bits per heavy atom. The van der Waals surface area contributed by atoms with Gasteiger partial charge in [0, 0.05) is 10.9 Å². The Kier molecular flexibility index (Phi) is 6.28. The quantitative estimate of drug-likeness (QED) is 0.582. The van der Waals surface area contributed by atoms with Gasteiger partial charge in [0.2, 0.25) is 5.91 Å². The number of nitrogens with zero attached hydrogens (tertiary/aromatic N) is 1. The highest BCUT2D eigenvalue weighted by Crippen LogP contribution is 2.30. The van der Waals surface area contributed by atoms with Gasteiger partial charge < -0.3 is 10.4 Å². The first-order valence-corrected chi connectivity index (χ1v) is 9.65. The molecular formula is C19H13Cl2FN2O3S. The predicted octanol–water partition coefficient (Wildman–Crippen LogP) is 4.74. The second-order valence-electron chi connectivity index (χ2n) is 5.81. The van der Waals surface area contributed by atoms with E-state index in [0.717, 1.165) is 11.6 Å². The maximum absolute atomic E-state index is 13.6. The van der Waals surface area contributed by atoms with Gasteiger partial charge in [-0.25, -0.2) is 14.2 Å². The highest BCUT2D eigenvalue weighted by molar-refractivity contribution is 7.13. The Morgan fingerprint density at radius 3 is 2.61 bits per heavy atom. The van der Waals surface area contributed by atoms with E-state index in [-0.39, 0.29) is 17.0 Å². The number of benzene rings is 2. The number of nitrogens with one attached hydrogen (secondary N) is 1. The number of rotatable bonds is 6. The predicted molar refractivity (Wildman–Crippen MR) is 106 cm³/mol. The summed E-state index contributed by atoms with van der Waals surface area (Å²) in [6.07, 6.45) is -0.124. The summed E-state index contributed by atoms with van der Waals surface area (Å²) in [5.41, 5.74) is 1.31. The van der Waals surface area contributed by atoms with Crippen molar-refractivity contribution in [2.24, 2.45) is 0 Å². The number of hydrogen-bond acceptors (Lipinski definition) is 4. The number of carbonyl (C=O) groups excluding carboxylic acids is 1. The molecule has 5 nitrogen and oxygen atoms in total. The summed E-state index contributed by atoms with van der Waals surface area (Å²) >= 11 is 13.1. The van der Waals surface area contributed by atoms with Crippen molar-refractivity contribution in [1.82, 2.24) is 10.3 Å². The summed E-state index contributed by atoms with van der Waals surface area (Å²) in [7, 11) is 0. The zero-order chi connectivity index (χ0) is 20.3. The van der Waals surface area contributed by atoms with Crippen LogP contribution >= 0.6 is 34.5 Å². The lowest BCUT2D eigenvalue weighted by molar-refractivity contribution is -0.142. The van der Waals surface area contributed by atoms with Gasteiger partial charge in [0.1, 0.15) is 10.8 Å². The fraction of sp³-hybridized carbons (Fsp3) is 0.105. The van der Waals surface area contributed by atoms with Crippen LogP contribution in [0.2, 0.25) is 10.0 Å². The topological polar surface area (TPSA) is 79.3 Å². The third-order valence-electron chi connectivity index (χ3n) is 3.83. The van der Waals surface area contributed by atoms with E-state index in [1.807, 2.05) is 12.1 Å². The van der Waals surface area contributed by atoms with Crippen molar-refractivity contribution >= 4 is 46.4 Å². The minimum atomic E-state index is -1.40. The lowest BCUT2D eigenvalue weighted by Gasteiger charge is -2.15. The summed E-state index contributed by atoms with van der Waals surface area (Å²) in [5, 5.41) is 14.5. The van der Waals surface area contributed by atoms with E-state index in [1.165, 1.54) is 23.5 Å². The maximum atomic E-state index is 13.6. The molecule has 2 N–H and O–H groups in total. The molecule has 0 saturated heterocycles. The summed E-state index contributed by atoms with van der Waals surface area (Å²) in [6.45, 7) is 0. The molecule has 0 bridgehead atoms. The molecule has 1 unspecified atom stereocenters. The van der Waals surface area contributed by atoms with E-state index >= 15 is 0 Å². The second kappa shape index (κ2) is 8.68. The molecule has 0 fully saturated rings. The number of hydrogen-bond donors (Lipinski definition) is 2. The molecule has 9 heteroatoms. The molecule has 1 amide bonds. The largest absolute Gasteiger partial charge is 0.479 e. The van der Waals surface area contributed by atoms with Crippen molar-refractivity contribution in [1.29, 1.82) is 0 Å². The third kappa shape index (κ3) is 4.67. The van der Waals surface area contributed by atoms with Crippen molar-refractivity contribution in [3.63, 3.8) is 0 Å². The van der Waals surface area contributed by atoms with E-state index in [9.17, 15) is 19.1 Å². The summed E-state index contributed by atoms with van der Waals surface area (Å²) in [5.74, 6) is -2.63. The lowest BCUT2D eigenvalue weighted by Crippen LogP contribution is -2.34. The van der Waals surface area contributed by atoms with Gasteiger partial charge in [0.15, 0.2) is 6.04 Å². The molecule has 3 rings (SSSR count). The Balaban J connectivity index is 1.73.